The molecule has 104 valence electrons. The molecule has 0 fully saturated rings. The van der Waals surface area contributed by atoms with E-state index in [1.165, 1.54) is 0 Å². The summed E-state index contributed by atoms with van der Waals surface area (Å²) in [6, 6.07) is 0. The number of aromatic nitrogens is 2. The van der Waals surface area contributed by atoms with Crippen LogP contribution in [-0.2, 0) is 16.9 Å². The van der Waals surface area contributed by atoms with Gasteiger partial charge < -0.3 is 14.9 Å². The molecule has 0 bridgehead atoms. The quantitative estimate of drug-likeness (QED) is 0.223. The van der Waals surface area contributed by atoms with Gasteiger partial charge in [0.05, 0.1) is 24.3 Å². The molecular weight excluding hydrogens is 264 g/mol. The van der Waals surface area contributed by atoms with Gasteiger partial charge in [-0.1, -0.05) is 0 Å². The van der Waals surface area contributed by atoms with Crippen molar-refractivity contribution in [2.45, 2.75) is 19.6 Å². The molecule has 0 saturated heterocycles. The van der Waals surface area contributed by atoms with Gasteiger partial charge in [0.25, 0.3) is 0 Å². The Kier molecular flexibility index (Phi) is 6.78. The van der Waals surface area contributed by atoms with E-state index in [0.29, 0.717) is 30.6 Å². The zero-order chi connectivity index (χ0) is 14.1. The number of rotatable bonds is 6. The minimum absolute atomic E-state index is 0.400. The summed E-state index contributed by atoms with van der Waals surface area (Å²) in [6.07, 6.45) is 3.40. The maximum Gasteiger partial charge on any atom is 0.204 e. The molecule has 0 amide bonds. The number of nitriles is 1. The molecule has 8 heteroatoms. The molecule has 0 radical (unpaired) electrons. The molecule has 0 aliphatic heterocycles. The number of guanidine groups is 1. The van der Waals surface area contributed by atoms with E-state index in [1.807, 2.05) is 13.8 Å². The van der Waals surface area contributed by atoms with Crippen LogP contribution in [0.25, 0.3) is 0 Å². The first kappa shape index (κ1) is 15.3. The molecule has 1 rings (SSSR count). The number of imidazole rings is 1. The van der Waals surface area contributed by atoms with Crippen molar-refractivity contribution in [1.29, 1.82) is 5.26 Å². The first-order valence-corrected chi connectivity index (χ1v) is 7.43. The fraction of sp³-hybridized carbons (Fsp3) is 0.545. The highest BCUT2D eigenvalue weighted by atomic mass is 32.2. The van der Waals surface area contributed by atoms with Gasteiger partial charge in [-0.25, -0.2) is 9.98 Å². The van der Waals surface area contributed by atoms with Gasteiger partial charge in [0.1, 0.15) is 11.5 Å². The standard InChI is InChI=1S/C11H18N6OS/c1-3-13-11(15-7-12)14-4-5-19(18)6-10-9(2)16-8-17-10/h8H,3-6H2,1-2H3,(H,16,17)(H2,13,14,15). The second-order valence-electron chi connectivity index (χ2n) is 3.75. The van der Waals surface area contributed by atoms with E-state index < -0.39 is 11.2 Å². The van der Waals surface area contributed by atoms with Gasteiger partial charge in [0.2, 0.25) is 5.96 Å². The molecule has 1 atom stereocenters. The largest absolute Gasteiger partial charge is 0.616 e. The summed E-state index contributed by atoms with van der Waals surface area (Å²) in [6.45, 7) is 4.86. The molecule has 1 heterocycles. The van der Waals surface area contributed by atoms with Crippen molar-refractivity contribution in [3.63, 3.8) is 0 Å². The van der Waals surface area contributed by atoms with Crippen LogP contribution in [0, 0.1) is 18.4 Å². The van der Waals surface area contributed by atoms with E-state index in [-0.39, 0.29) is 0 Å². The Balaban J connectivity index is 2.37. The van der Waals surface area contributed by atoms with Crippen molar-refractivity contribution in [3.8, 4) is 6.19 Å². The van der Waals surface area contributed by atoms with Gasteiger partial charge in [0.15, 0.2) is 6.19 Å². The van der Waals surface area contributed by atoms with E-state index in [4.69, 9.17) is 5.26 Å². The van der Waals surface area contributed by atoms with Gasteiger partial charge in [-0.2, -0.15) is 5.26 Å². The second kappa shape index (κ2) is 8.39. The first-order valence-electron chi connectivity index (χ1n) is 5.94. The Labute approximate surface area is 115 Å². The zero-order valence-corrected chi connectivity index (χ0v) is 11.9. The average Bonchev–Trinajstić information content (AvgIpc) is 2.75. The normalized spacial score (nSPS) is 12.8. The number of aryl methyl sites for hydroxylation is 1. The first-order chi connectivity index (χ1) is 9.17. The lowest BCUT2D eigenvalue weighted by atomic mass is 10.4. The van der Waals surface area contributed by atoms with E-state index in [2.05, 4.69) is 25.6 Å². The zero-order valence-electron chi connectivity index (χ0n) is 11.1. The molecule has 0 spiro atoms. The molecule has 7 nitrogen and oxygen atoms in total. The summed E-state index contributed by atoms with van der Waals surface area (Å²) in [5.74, 6) is 1.31. The van der Waals surface area contributed by atoms with E-state index in [9.17, 15) is 4.55 Å². The van der Waals surface area contributed by atoms with Crippen molar-refractivity contribution in [1.82, 2.24) is 20.6 Å². The van der Waals surface area contributed by atoms with Crippen LogP contribution in [0.2, 0.25) is 0 Å². The lowest BCUT2D eigenvalue weighted by Gasteiger charge is -2.10. The number of H-pyrrole nitrogens is 1. The lowest BCUT2D eigenvalue weighted by molar-refractivity contribution is 0.593. The topological polar surface area (TPSA) is 112 Å². The van der Waals surface area contributed by atoms with Crippen LogP contribution in [-0.4, -0.2) is 39.3 Å². The van der Waals surface area contributed by atoms with Crippen molar-refractivity contribution in [2.75, 3.05) is 18.8 Å². The van der Waals surface area contributed by atoms with Crippen molar-refractivity contribution < 1.29 is 4.55 Å². The summed E-state index contributed by atoms with van der Waals surface area (Å²) in [7, 11) is 0. The lowest BCUT2D eigenvalue weighted by Crippen LogP contribution is -2.34. The van der Waals surface area contributed by atoms with Crippen molar-refractivity contribution >= 4 is 17.1 Å². The highest BCUT2D eigenvalue weighted by Crippen LogP contribution is 2.07. The summed E-state index contributed by atoms with van der Waals surface area (Å²) >= 11 is -1.00. The molecule has 19 heavy (non-hydrogen) atoms. The third kappa shape index (κ3) is 5.63. The predicted molar refractivity (Wildman–Crippen MR) is 74.8 cm³/mol. The number of hydrogen-bond donors (Lipinski definition) is 3. The summed E-state index contributed by atoms with van der Waals surface area (Å²) < 4.78 is 11.8. The summed E-state index contributed by atoms with van der Waals surface area (Å²) in [5.41, 5.74) is 1.76. The third-order valence-electron chi connectivity index (χ3n) is 2.35. The number of hydrogen-bond acceptors (Lipinski definition) is 4. The Morgan fingerprint density at radius 2 is 2.47 bits per heavy atom. The molecule has 0 aliphatic carbocycles. The fourth-order valence-corrected chi connectivity index (χ4v) is 2.44. The minimum atomic E-state index is -1.00. The van der Waals surface area contributed by atoms with Crippen LogP contribution in [0.1, 0.15) is 18.3 Å². The molecule has 0 saturated carbocycles. The number of nitrogens with zero attached hydrogens (tertiary/aromatic N) is 3. The monoisotopic (exact) mass is 282 g/mol. The molecule has 3 N–H and O–H groups in total. The maximum absolute atomic E-state index is 11.8. The van der Waals surface area contributed by atoms with E-state index in [0.717, 1.165) is 11.4 Å². The van der Waals surface area contributed by atoms with Crippen LogP contribution in [0.15, 0.2) is 11.3 Å². The van der Waals surface area contributed by atoms with Gasteiger partial charge in [-0.15, -0.1) is 0 Å². The van der Waals surface area contributed by atoms with Crippen molar-refractivity contribution in [2.24, 2.45) is 4.99 Å². The number of aromatic amines is 1. The molecule has 1 aromatic rings. The van der Waals surface area contributed by atoms with Crippen LogP contribution < -0.4 is 10.6 Å². The molecule has 0 aromatic carbocycles. The fourth-order valence-electron chi connectivity index (χ4n) is 1.39. The highest BCUT2D eigenvalue weighted by Gasteiger charge is 2.11. The maximum atomic E-state index is 11.8. The van der Waals surface area contributed by atoms with E-state index in [1.54, 1.807) is 12.5 Å². The second-order valence-corrected chi connectivity index (χ2v) is 5.33. The number of nitrogens with one attached hydrogen (secondary N) is 3. The predicted octanol–water partition coefficient (Wildman–Crippen LogP) is 0.00300. The number of aliphatic imine (C=N–C) groups is 1. The Bertz CT molecular complexity index is 452. The summed E-state index contributed by atoms with van der Waals surface area (Å²) in [5, 5.41) is 13.9. The molecule has 1 unspecified atom stereocenters. The SMILES string of the molecule is CCN/C(=N/CC[S+]([O-])Cc1[nH]cnc1C)NC#N. The molecule has 0 aliphatic rings. The van der Waals surface area contributed by atoms with Gasteiger partial charge in [0, 0.05) is 6.54 Å². The van der Waals surface area contributed by atoms with Gasteiger partial charge in [-0.05, 0) is 25.0 Å². The van der Waals surface area contributed by atoms with E-state index >= 15 is 0 Å². The summed E-state index contributed by atoms with van der Waals surface area (Å²) in [4.78, 5) is 11.2. The van der Waals surface area contributed by atoms with Crippen LogP contribution in [0.3, 0.4) is 0 Å². The Hall–Kier alpha value is -1.72. The Morgan fingerprint density at radius 3 is 3.05 bits per heavy atom. The third-order valence-corrected chi connectivity index (χ3v) is 3.60. The van der Waals surface area contributed by atoms with Gasteiger partial charge >= 0.3 is 0 Å². The van der Waals surface area contributed by atoms with Crippen LogP contribution in [0.5, 0.6) is 0 Å². The van der Waals surface area contributed by atoms with Crippen molar-refractivity contribution in [3.05, 3.63) is 17.7 Å². The van der Waals surface area contributed by atoms with Crippen LogP contribution >= 0.6 is 0 Å². The highest BCUT2D eigenvalue weighted by molar-refractivity contribution is 7.90. The minimum Gasteiger partial charge on any atom is -0.616 e. The van der Waals surface area contributed by atoms with Gasteiger partial charge in [-0.3, -0.25) is 5.32 Å². The Morgan fingerprint density at radius 1 is 1.68 bits per heavy atom. The molecular formula is C11H18N6OS. The van der Waals surface area contributed by atoms with Crippen LogP contribution in [0.4, 0.5) is 0 Å². The molecule has 1 aromatic heterocycles. The average molecular weight is 282 g/mol. The smallest absolute Gasteiger partial charge is 0.204 e.